The van der Waals surface area contributed by atoms with Gasteiger partial charge in [-0.1, -0.05) is 19.4 Å². The van der Waals surface area contributed by atoms with Gasteiger partial charge >= 0.3 is 0 Å². The summed E-state index contributed by atoms with van der Waals surface area (Å²) in [5.41, 5.74) is 0. The highest BCUT2D eigenvalue weighted by Gasteiger charge is 2.23. The van der Waals surface area contributed by atoms with E-state index < -0.39 is 15.8 Å². The Labute approximate surface area is 113 Å². The second-order valence-electron chi connectivity index (χ2n) is 3.90. The third-order valence-electron chi connectivity index (χ3n) is 2.53. The Morgan fingerprint density at radius 3 is 2.61 bits per heavy atom. The lowest BCUT2D eigenvalue weighted by molar-refractivity contribution is 0.420. The minimum absolute atomic E-state index is 0.0243. The van der Waals surface area contributed by atoms with Crippen LogP contribution in [-0.2, 0) is 10.0 Å². The molecule has 0 amide bonds. The van der Waals surface area contributed by atoms with Crippen LogP contribution in [0.1, 0.15) is 19.8 Å². The van der Waals surface area contributed by atoms with Crippen molar-refractivity contribution in [2.45, 2.75) is 24.7 Å². The SMILES string of the molecule is CCCCN(CCCl)S(=O)(=O)c1cccc(F)c1. The number of benzene rings is 1. The van der Waals surface area contributed by atoms with Gasteiger partial charge in [0.2, 0.25) is 10.0 Å². The number of sulfonamides is 1. The van der Waals surface area contributed by atoms with E-state index in [0.29, 0.717) is 6.54 Å². The van der Waals surface area contributed by atoms with Gasteiger partial charge in [-0.25, -0.2) is 12.8 Å². The van der Waals surface area contributed by atoms with Gasteiger partial charge in [-0.3, -0.25) is 0 Å². The van der Waals surface area contributed by atoms with Crippen molar-refractivity contribution in [1.29, 1.82) is 0 Å². The average molecular weight is 294 g/mol. The summed E-state index contributed by atoms with van der Waals surface area (Å²) in [6, 6.07) is 5.03. The average Bonchev–Trinajstić information content (AvgIpc) is 2.34. The third kappa shape index (κ3) is 3.93. The van der Waals surface area contributed by atoms with Crippen LogP contribution in [-0.4, -0.2) is 31.7 Å². The van der Waals surface area contributed by atoms with Crippen LogP contribution in [0.25, 0.3) is 0 Å². The molecule has 0 fully saturated rings. The fraction of sp³-hybridized carbons (Fsp3) is 0.500. The van der Waals surface area contributed by atoms with Crippen LogP contribution >= 0.6 is 11.6 Å². The lowest BCUT2D eigenvalue weighted by atomic mass is 10.3. The van der Waals surface area contributed by atoms with Crippen LogP contribution in [0.15, 0.2) is 29.2 Å². The molecule has 0 aliphatic heterocycles. The van der Waals surface area contributed by atoms with E-state index >= 15 is 0 Å². The summed E-state index contributed by atoms with van der Waals surface area (Å²) < 4.78 is 39.0. The Morgan fingerprint density at radius 2 is 2.06 bits per heavy atom. The minimum atomic E-state index is -3.65. The van der Waals surface area contributed by atoms with Crippen molar-refractivity contribution >= 4 is 21.6 Å². The maximum absolute atomic E-state index is 13.1. The molecule has 1 aromatic rings. The van der Waals surface area contributed by atoms with Gasteiger partial charge in [0, 0.05) is 19.0 Å². The molecule has 0 saturated carbocycles. The second kappa shape index (κ2) is 7.07. The fourth-order valence-electron chi connectivity index (χ4n) is 1.56. The maximum atomic E-state index is 13.1. The third-order valence-corrected chi connectivity index (χ3v) is 4.59. The number of unbranched alkanes of at least 4 members (excludes halogenated alkanes) is 1. The first-order valence-corrected chi connectivity index (χ1v) is 7.81. The van der Waals surface area contributed by atoms with E-state index in [4.69, 9.17) is 11.6 Å². The number of nitrogens with zero attached hydrogens (tertiary/aromatic N) is 1. The Balaban J connectivity index is 3.00. The molecular weight excluding hydrogens is 277 g/mol. The van der Waals surface area contributed by atoms with E-state index in [2.05, 4.69) is 0 Å². The number of rotatable bonds is 7. The largest absolute Gasteiger partial charge is 0.243 e. The first-order valence-electron chi connectivity index (χ1n) is 5.84. The minimum Gasteiger partial charge on any atom is -0.207 e. The zero-order valence-corrected chi connectivity index (χ0v) is 11.8. The molecule has 0 bridgehead atoms. The van der Waals surface area contributed by atoms with Crippen molar-refractivity contribution in [1.82, 2.24) is 4.31 Å². The van der Waals surface area contributed by atoms with Crippen LogP contribution < -0.4 is 0 Å². The van der Waals surface area contributed by atoms with E-state index in [1.54, 1.807) is 0 Å². The molecule has 0 N–H and O–H groups in total. The Kier molecular flexibility index (Phi) is 6.05. The molecular formula is C12H17ClFNO2S. The highest BCUT2D eigenvalue weighted by atomic mass is 35.5. The van der Waals surface area contributed by atoms with E-state index in [1.807, 2.05) is 6.92 Å². The number of hydrogen-bond acceptors (Lipinski definition) is 2. The molecule has 0 aromatic heterocycles. The molecule has 0 atom stereocenters. The molecule has 0 aliphatic carbocycles. The van der Waals surface area contributed by atoms with E-state index in [0.717, 1.165) is 18.9 Å². The van der Waals surface area contributed by atoms with Crippen LogP contribution in [0.2, 0.25) is 0 Å². The first kappa shape index (κ1) is 15.4. The van der Waals surface area contributed by atoms with Crippen molar-refractivity contribution in [2.24, 2.45) is 0 Å². The molecule has 0 heterocycles. The lowest BCUT2D eigenvalue weighted by Crippen LogP contribution is -2.33. The van der Waals surface area contributed by atoms with Crippen LogP contribution in [0.4, 0.5) is 4.39 Å². The summed E-state index contributed by atoms with van der Waals surface area (Å²) >= 11 is 5.62. The molecule has 1 rings (SSSR count). The van der Waals surface area contributed by atoms with Crippen molar-refractivity contribution in [2.75, 3.05) is 19.0 Å². The topological polar surface area (TPSA) is 37.4 Å². The van der Waals surface area contributed by atoms with Gasteiger partial charge in [-0.15, -0.1) is 11.6 Å². The standard InChI is InChI=1S/C12H17ClFNO2S/c1-2-3-8-15(9-7-13)18(16,17)12-6-4-5-11(14)10-12/h4-6,10H,2-3,7-9H2,1H3. The summed E-state index contributed by atoms with van der Waals surface area (Å²) in [6.07, 6.45) is 1.64. The summed E-state index contributed by atoms with van der Waals surface area (Å²) in [7, 11) is -3.65. The van der Waals surface area contributed by atoms with Crippen molar-refractivity contribution in [3.05, 3.63) is 30.1 Å². The summed E-state index contributed by atoms with van der Waals surface area (Å²) in [4.78, 5) is -0.0243. The summed E-state index contributed by atoms with van der Waals surface area (Å²) in [5, 5.41) is 0. The quantitative estimate of drug-likeness (QED) is 0.725. The molecule has 18 heavy (non-hydrogen) atoms. The lowest BCUT2D eigenvalue weighted by Gasteiger charge is -2.21. The molecule has 6 heteroatoms. The fourth-order valence-corrected chi connectivity index (χ4v) is 3.37. The maximum Gasteiger partial charge on any atom is 0.243 e. The van der Waals surface area contributed by atoms with Gasteiger partial charge in [0.15, 0.2) is 0 Å². The zero-order valence-electron chi connectivity index (χ0n) is 10.3. The van der Waals surface area contributed by atoms with Crippen molar-refractivity contribution in [3.63, 3.8) is 0 Å². The second-order valence-corrected chi connectivity index (χ2v) is 6.22. The Bertz CT molecular complexity index is 479. The predicted molar refractivity (Wildman–Crippen MR) is 70.8 cm³/mol. The van der Waals surface area contributed by atoms with Crippen molar-refractivity contribution < 1.29 is 12.8 Å². The summed E-state index contributed by atoms with van der Waals surface area (Å²) in [6.45, 7) is 2.62. The van der Waals surface area contributed by atoms with E-state index in [-0.39, 0.29) is 17.3 Å². The van der Waals surface area contributed by atoms with Gasteiger partial charge in [0.25, 0.3) is 0 Å². The first-order chi connectivity index (χ1) is 8.52. The zero-order chi connectivity index (χ0) is 13.6. The molecule has 1 aromatic carbocycles. The molecule has 0 aliphatic rings. The van der Waals surface area contributed by atoms with Crippen LogP contribution in [0.5, 0.6) is 0 Å². The van der Waals surface area contributed by atoms with E-state index in [1.165, 1.54) is 22.5 Å². The van der Waals surface area contributed by atoms with Gasteiger partial charge in [-0.05, 0) is 24.6 Å². The van der Waals surface area contributed by atoms with Gasteiger partial charge in [0.1, 0.15) is 5.82 Å². The predicted octanol–water partition coefficient (Wildman–Crippen LogP) is 2.86. The number of hydrogen-bond donors (Lipinski definition) is 0. The molecule has 3 nitrogen and oxygen atoms in total. The van der Waals surface area contributed by atoms with Gasteiger partial charge in [0.05, 0.1) is 4.90 Å². The Morgan fingerprint density at radius 1 is 1.33 bits per heavy atom. The van der Waals surface area contributed by atoms with Gasteiger partial charge in [-0.2, -0.15) is 4.31 Å². The monoisotopic (exact) mass is 293 g/mol. The molecule has 0 spiro atoms. The smallest absolute Gasteiger partial charge is 0.207 e. The summed E-state index contributed by atoms with van der Waals surface area (Å²) in [5.74, 6) is -0.337. The number of alkyl halides is 1. The highest BCUT2D eigenvalue weighted by Crippen LogP contribution is 2.17. The number of halogens is 2. The normalized spacial score (nSPS) is 12.0. The van der Waals surface area contributed by atoms with Crippen LogP contribution in [0, 0.1) is 5.82 Å². The molecule has 102 valence electrons. The Hall–Kier alpha value is -0.650. The van der Waals surface area contributed by atoms with Crippen LogP contribution in [0.3, 0.4) is 0 Å². The van der Waals surface area contributed by atoms with Gasteiger partial charge < -0.3 is 0 Å². The molecule has 0 unspecified atom stereocenters. The molecule has 0 saturated heterocycles. The molecule has 0 radical (unpaired) electrons. The van der Waals surface area contributed by atoms with Crippen molar-refractivity contribution in [3.8, 4) is 0 Å². The van der Waals surface area contributed by atoms with E-state index in [9.17, 15) is 12.8 Å². The highest BCUT2D eigenvalue weighted by molar-refractivity contribution is 7.89.